The minimum Gasteiger partial charge on any atom is -0.508 e. The maximum absolute atomic E-state index is 13.0. The minimum atomic E-state index is -4.92. The van der Waals surface area contributed by atoms with Crippen LogP contribution in [0, 0.1) is 0 Å². The fraction of sp³-hybridized carbons (Fsp3) is 0.174. The average molecular weight is 455 g/mol. The van der Waals surface area contributed by atoms with Crippen LogP contribution in [-0.2, 0) is 17.1 Å². The number of amides is 1. The second-order valence-corrected chi connectivity index (χ2v) is 6.93. The maximum Gasteiger partial charge on any atom is 0.416 e. The number of halogens is 6. The standard InChI is InChI=1S/C23H19F6NO2/c1-14(10-21(32)30-19-6-8-20(31)9-7-19)4-3-5-15(2)16-11-17(22(24,25)26)13-18(12-16)23(27,28)29/h3-13,31H,1-2H3,(H,30,32). The normalized spacial score (nSPS) is 13.5. The third-order valence-electron chi connectivity index (χ3n) is 4.24. The summed E-state index contributed by atoms with van der Waals surface area (Å²) >= 11 is 0. The number of benzene rings is 2. The summed E-state index contributed by atoms with van der Waals surface area (Å²) in [5.74, 6) is -0.408. The Morgan fingerprint density at radius 3 is 1.94 bits per heavy atom. The second kappa shape index (κ2) is 9.76. The number of aromatic hydroxyl groups is 1. The first-order chi connectivity index (χ1) is 14.8. The van der Waals surface area contributed by atoms with Gasteiger partial charge in [-0.2, -0.15) is 26.3 Å². The number of nitrogens with one attached hydrogen (secondary N) is 1. The quantitative estimate of drug-likeness (QED) is 0.221. The van der Waals surface area contributed by atoms with E-state index < -0.39 is 29.4 Å². The molecule has 2 aromatic rings. The highest BCUT2D eigenvalue weighted by atomic mass is 19.4. The highest BCUT2D eigenvalue weighted by Crippen LogP contribution is 2.37. The molecule has 0 aliphatic rings. The fourth-order valence-electron chi connectivity index (χ4n) is 2.60. The predicted octanol–water partition coefficient (Wildman–Crippen LogP) is 6.97. The molecule has 0 spiro atoms. The molecule has 0 aliphatic heterocycles. The van der Waals surface area contributed by atoms with Crippen LogP contribution >= 0.6 is 0 Å². The van der Waals surface area contributed by atoms with Gasteiger partial charge in [0.1, 0.15) is 5.75 Å². The average Bonchev–Trinajstić information content (AvgIpc) is 2.68. The molecule has 0 saturated carbocycles. The van der Waals surface area contributed by atoms with Gasteiger partial charge in [0.05, 0.1) is 11.1 Å². The molecule has 0 aliphatic carbocycles. The Morgan fingerprint density at radius 1 is 0.906 bits per heavy atom. The van der Waals surface area contributed by atoms with Gasteiger partial charge in [-0.25, -0.2) is 0 Å². The molecule has 3 nitrogen and oxygen atoms in total. The highest BCUT2D eigenvalue weighted by Gasteiger charge is 2.36. The van der Waals surface area contributed by atoms with E-state index in [0.717, 1.165) is 0 Å². The molecule has 0 saturated heterocycles. The van der Waals surface area contributed by atoms with Crippen LogP contribution in [-0.4, -0.2) is 11.0 Å². The summed E-state index contributed by atoms with van der Waals surface area (Å²) in [5.41, 5.74) is -1.86. The number of rotatable bonds is 5. The van der Waals surface area contributed by atoms with Crippen LogP contribution in [0.3, 0.4) is 0 Å². The third kappa shape index (κ3) is 7.33. The van der Waals surface area contributed by atoms with E-state index in [1.54, 1.807) is 6.92 Å². The van der Waals surface area contributed by atoms with Gasteiger partial charge in [0.2, 0.25) is 5.91 Å². The van der Waals surface area contributed by atoms with Crippen LogP contribution in [0.15, 0.2) is 72.3 Å². The highest BCUT2D eigenvalue weighted by molar-refractivity contribution is 6.00. The van der Waals surface area contributed by atoms with Crippen molar-refractivity contribution in [3.63, 3.8) is 0 Å². The van der Waals surface area contributed by atoms with Crippen LogP contribution < -0.4 is 5.32 Å². The molecule has 0 heterocycles. The number of carbonyl (C=O) groups is 1. The van der Waals surface area contributed by atoms with Gasteiger partial charge in [0.25, 0.3) is 0 Å². The molecule has 0 unspecified atom stereocenters. The summed E-state index contributed by atoms with van der Waals surface area (Å²) in [6.45, 7) is 2.98. The zero-order valence-corrected chi connectivity index (χ0v) is 17.0. The summed E-state index contributed by atoms with van der Waals surface area (Å²) in [5, 5.41) is 11.8. The molecule has 0 radical (unpaired) electrons. The maximum atomic E-state index is 13.0. The Labute approximate surface area is 180 Å². The number of allylic oxidation sites excluding steroid dienone is 5. The second-order valence-electron chi connectivity index (χ2n) is 6.93. The van der Waals surface area contributed by atoms with Crippen molar-refractivity contribution in [2.45, 2.75) is 26.2 Å². The molecule has 0 bridgehead atoms. The third-order valence-corrected chi connectivity index (χ3v) is 4.24. The Balaban J connectivity index is 2.19. The van der Waals surface area contributed by atoms with E-state index in [4.69, 9.17) is 0 Å². The summed E-state index contributed by atoms with van der Waals surface area (Å²) in [4.78, 5) is 12.0. The largest absolute Gasteiger partial charge is 0.508 e. The van der Waals surface area contributed by atoms with Crippen molar-refractivity contribution < 1.29 is 36.2 Å². The zero-order valence-electron chi connectivity index (χ0n) is 17.0. The number of alkyl halides is 6. The van der Waals surface area contributed by atoms with Crippen molar-refractivity contribution >= 4 is 17.2 Å². The molecule has 0 aromatic heterocycles. The monoisotopic (exact) mass is 455 g/mol. The summed E-state index contributed by atoms with van der Waals surface area (Å²) in [7, 11) is 0. The lowest BCUT2D eigenvalue weighted by Crippen LogP contribution is -2.11. The van der Waals surface area contributed by atoms with E-state index in [-0.39, 0.29) is 23.0 Å². The van der Waals surface area contributed by atoms with Gasteiger partial charge in [-0.3, -0.25) is 4.79 Å². The Hall–Kier alpha value is -3.49. The van der Waals surface area contributed by atoms with Crippen LogP contribution in [0.5, 0.6) is 5.75 Å². The molecule has 0 fully saturated rings. The van der Waals surface area contributed by atoms with Crippen molar-refractivity contribution in [3.8, 4) is 5.75 Å². The molecular formula is C23H19F6NO2. The predicted molar refractivity (Wildman–Crippen MR) is 110 cm³/mol. The summed E-state index contributed by atoms with van der Waals surface area (Å²) in [6, 6.07) is 7.19. The van der Waals surface area contributed by atoms with Crippen molar-refractivity contribution in [1.29, 1.82) is 0 Å². The first kappa shape index (κ1) is 24.8. The Morgan fingerprint density at radius 2 is 1.44 bits per heavy atom. The van der Waals surface area contributed by atoms with Gasteiger partial charge >= 0.3 is 12.4 Å². The Kier molecular flexibility index (Phi) is 7.56. The number of phenolic OH excluding ortho intramolecular Hbond substituents is 1. The Bertz CT molecular complexity index is 1030. The molecule has 170 valence electrons. The van der Waals surface area contributed by atoms with Crippen LogP contribution in [0.1, 0.15) is 30.5 Å². The summed E-state index contributed by atoms with van der Waals surface area (Å²) in [6.07, 6.45) is -4.32. The molecule has 2 rings (SSSR count). The molecular weight excluding hydrogens is 436 g/mol. The van der Waals surface area contributed by atoms with Gasteiger partial charge in [-0.15, -0.1) is 0 Å². The lowest BCUT2D eigenvalue weighted by Gasteiger charge is -2.14. The van der Waals surface area contributed by atoms with E-state index in [9.17, 15) is 36.2 Å². The van der Waals surface area contributed by atoms with Crippen molar-refractivity contribution in [2.75, 3.05) is 5.32 Å². The molecule has 9 heteroatoms. The summed E-state index contributed by atoms with van der Waals surface area (Å²) < 4.78 is 78.0. The molecule has 2 N–H and O–H groups in total. The van der Waals surface area contributed by atoms with Crippen LogP contribution in [0.4, 0.5) is 32.0 Å². The molecule has 2 aromatic carbocycles. The van der Waals surface area contributed by atoms with Crippen molar-refractivity contribution in [1.82, 2.24) is 0 Å². The zero-order chi connectivity index (χ0) is 24.1. The van der Waals surface area contributed by atoms with E-state index in [0.29, 0.717) is 23.4 Å². The number of phenols is 1. The van der Waals surface area contributed by atoms with Crippen LogP contribution in [0.2, 0.25) is 0 Å². The fourth-order valence-corrected chi connectivity index (χ4v) is 2.60. The first-order valence-electron chi connectivity index (χ1n) is 9.19. The SMILES string of the molecule is CC(C=CC=C(C)c1cc(C(F)(F)F)cc(C(F)(F)F)c1)=CC(=O)Nc1ccc(O)cc1. The molecule has 0 atom stereocenters. The van der Waals surface area contributed by atoms with Gasteiger partial charge in [-0.1, -0.05) is 18.2 Å². The topological polar surface area (TPSA) is 49.3 Å². The van der Waals surface area contributed by atoms with Crippen molar-refractivity contribution in [2.24, 2.45) is 0 Å². The van der Waals surface area contributed by atoms with E-state index in [1.807, 2.05) is 0 Å². The van der Waals surface area contributed by atoms with Gasteiger partial charge in [-0.05, 0) is 73.0 Å². The number of hydrogen-bond acceptors (Lipinski definition) is 2. The number of carbonyl (C=O) groups excluding carboxylic acids is 1. The van der Waals surface area contributed by atoms with E-state index >= 15 is 0 Å². The van der Waals surface area contributed by atoms with Crippen LogP contribution in [0.25, 0.3) is 5.57 Å². The van der Waals surface area contributed by atoms with E-state index in [1.165, 1.54) is 55.5 Å². The van der Waals surface area contributed by atoms with Gasteiger partial charge < -0.3 is 10.4 Å². The lowest BCUT2D eigenvalue weighted by atomic mass is 9.99. The number of hydrogen-bond donors (Lipinski definition) is 2. The minimum absolute atomic E-state index is 0.0444. The molecule has 1 amide bonds. The smallest absolute Gasteiger partial charge is 0.416 e. The molecule has 32 heavy (non-hydrogen) atoms. The number of anilines is 1. The van der Waals surface area contributed by atoms with Gasteiger partial charge in [0, 0.05) is 11.8 Å². The van der Waals surface area contributed by atoms with Gasteiger partial charge in [0.15, 0.2) is 0 Å². The van der Waals surface area contributed by atoms with Crippen molar-refractivity contribution in [3.05, 3.63) is 89.0 Å². The first-order valence-corrected chi connectivity index (χ1v) is 9.19. The lowest BCUT2D eigenvalue weighted by molar-refractivity contribution is -0.143. The van der Waals surface area contributed by atoms with E-state index in [2.05, 4.69) is 5.32 Å².